The van der Waals surface area contributed by atoms with Gasteiger partial charge in [-0.15, -0.1) is 11.3 Å². The molecule has 0 aliphatic carbocycles. The van der Waals surface area contributed by atoms with Gasteiger partial charge in [-0.25, -0.2) is 14.4 Å². The van der Waals surface area contributed by atoms with Gasteiger partial charge in [0.15, 0.2) is 0 Å². The first-order chi connectivity index (χ1) is 16.5. The van der Waals surface area contributed by atoms with E-state index in [0.29, 0.717) is 0 Å². The molecule has 0 aliphatic rings. The number of methoxy groups -OCH3 is 1. The van der Waals surface area contributed by atoms with Crippen LogP contribution in [0.5, 0.6) is 0 Å². The Morgan fingerprint density at radius 3 is 1.88 bits per heavy atom. The van der Waals surface area contributed by atoms with Crippen molar-refractivity contribution in [2.24, 2.45) is 0 Å². The highest BCUT2D eigenvalue weighted by atomic mass is 32.1. The Morgan fingerprint density at radius 2 is 1.35 bits per heavy atom. The highest BCUT2D eigenvalue weighted by molar-refractivity contribution is 7.18. The van der Waals surface area contributed by atoms with Gasteiger partial charge in [0.25, 0.3) is 0 Å². The standard InChI is InChI=1S/C25H41NO7S/c1-4-6-8-10-12-14-16-32-24(29)21-19(18-31-3)20(23(27)28)22(34-21)26-25(30)33-17-15-13-11-9-7-5-2/h4-18H2,1-3H3,(H,26,30)(H,27,28). The van der Waals surface area contributed by atoms with Crippen molar-refractivity contribution < 1.29 is 33.7 Å². The summed E-state index contributed by atoms with van der Waals surface area (Å²) in [5.74, 6) is -1.87. The van der Waals surface area contributed by atoms with Crippen LogP contribution in [0.15, 0.2) is 0 Å². The summed E-state index contributed by atoms with van der Waals surface area (Å²) in [6, 6.07) is 0. The van der Waals surface area contributed by atoms with Crippen LogP contribution in [0, 0.1) is 0 Å². The lowest BCUT2D eigenvalue weighted by Gasteiger charge is -2.07. The van der Waals surface area contributed by atoms with Crippen molar-refractivity contribution >= 4 is 34.4 Å². The minimum absolute atomic E-state index is 0.0408. The maximum Gasteiger partial charge on any atom is 0.412 e. The molecule has 1 aromatic heterocycles. The van der Waals surface area contributed by atoms with E-state index in [4.69, 9.17) is 14.2 Å². The summed E-state index contributed by atoms with van der Waals surface area (Å²) < 4.78 is 15.7. The van der Waals surface area contributed by atoms with Gasteiger partial charge in [0.2, 0.25) is 0 Å². The summed E-state index contributed by atoms with van der Waals surface area (Å²) in [5.41, 5.74) is 0.0223. The number of thiophene rings is 1. The monoisotopic (exact) mass is 499 g/mol. The summed E-state index contributed by atoms with van der Waals surface area (Å²) in [4.78, 5) is 36.9. The summed E-state index contributed by atoms with van der Waals surface area (Å²) in [7, 11) is 1.41. The number of hydrogen-bond acceptors (Lipinski definition) is 7. The van der Waals surface area contributed by atoms with Crippen molar-refractivity contribution in [3.63, 3.8) is 0 Å². The normalized spacial score (nSPS) is 10.8. The average molecular weight is 500 g/mol. The van der Waals surface area contributed by atoms with E-state index in [0.717, 1.165) is 49.9 Å². The van der Waals surface area contributed by atoms with Crippen LogP contribution in [0.4, 0.5) is 9.80 Å². The first-order valence-electron chi connectivity index (χ1n) is 12.4. The predicted octanol–water partition coefficient (Wildman–Crippen LogP) is 7.02. The zero-order chi connectivity index (χ0) is 25.2. The minimum atomic E-state index is -1.26. The van der Waals surface area contributed by atoms with Crippen LogP contribution < -0.4 is 5.32 Å². The fraction of sp³-hybridized carbons (Fsp3) is 0.720. The number of rotatable bonds is 19. The van der Waals surface area contributed by atoms with E-state index in [-0.39, 0.29) is 40.8 Å². The Labute approximate surface area is 207 Å². The number of amides is 1. The van der Waals surface area contributed by atoms with E-state index in [1.807, 2.05) is 0 Å². The molecule has 9 heteroatoms. The lowest BCUT2D eigenvalue weighted by molar-refractivity contribution is 0.0499. The van der Waals surface area contributed by atoms with Gasteiger partial charge in [-0.1, -0.05) is 78.1 Å². The molecule has 0 saturated heterocycles. The molecule has 0 fully saturated rings. The van der Waals surface area contributed by atoms with Crippen molar-refractivity contribution in [2.75, 3.05) is 25.6 Å². The molecule has 1 amide bonds. The molecule has 0 unspecified atom stereocenters. The Bertz CT molecular complexity index is 748. The van der Waals surface area contributed by atoms with Crippen molar-refractivity contribution in [1.82, 2.24) is 0 Å². The van der Waals surface area contributed by atoms with Crippen LogP contribution in [0.1, 0.15) is 116 Å². The first kappa shape index (κ1) is 29.9. The number of carbonyl (C=O) groups is 3. The van der Waals surface area contributed by atoms with E-state index in [1.54, 1.807) is 0 Å². The predicted molar refractivity (Wildman–Crippen MR) is 134 cm³/mol. The second kappa shape index (κ2) is 18.2. The summed E-state index contributed by atoms with van der Waals surface area (Å²) in [6.45, 7) is 4.74. The SMILES string of the molecule is CCCCCCCCOC(=O)Nc1sc(C(=O)OCCCCCCCC)c(COC)c1C(=O)O. The number of aromatic carboxylic acids is 1. The Hall–Kier alpha value is -2.13. The van der Waals surface area contributed by atoms with Crippen LogP contribution in [-0.2, 0) is 20.8 Å². The van der Waals surface area contributed by atoms with Crippen LogP contribution in [0.3, 0.4) is 0 Å². The number of unbranched alkanes of at least 4 members (excludes halogenated alkanes) is 10. The zero-order valence-corrected chi connectivity index (χ0v) is 21.7. The molecule has 1 aromatic rings. The Balaban J connectivity index is 2.70. The average Bonchev–Trinajstić information content (AvgIpc) is 3.16. The van der Waals surface area contributed by atoms with E-state index >= 15 is 0 Å². The third-order valence-corrected chi connectivity index (χ3v) is 6.50. The van der Waals surface area contributed by atoms with Gasteiger partial charge in [0.1, 0.15) is 15.4 Å². The molecule has 0 aromatic carbocycles. The second-order valence-corrected chi connectivity index (χ2v) is 9.31. The molecule has 0 spiro atoms. The zero-order valence-electron chi connectivity index (χ0n) is 20.9. The summed E-state index contributed by atoms with van der Waals surface area (Å²) in [5, 5.41) is 12.2. The molecule has 1 heterocycles. The molecule has 8 nitrogen and oxygen atoms in total. The number of hydrogen-bond donors (Lipinski definition) is 2. The fourth-order valence-corrected chi connectivity index (χ4v) is 4.59. The molecule has 0 radical (unpaired) electrons. The molecule has 0 aliphatic heterocycles. The highest BCUT2D eigenvalue weighted by Crippen LogP contribution is 2.35. The van der Waals surface area contributed by atoms with E-state index in [2.05, 4.69) is 19.2 Å². The van der Waals surface area contributed by atoms with Crippen LogP contribution >= 0.6 is 11.3 Å². The van der Waals surface area contributed by atoms with E-state index in [1.165, 1.54) is 45.6 Å². The molecule has 194 valence electrons. The van der Waals surface area contributed by atoms with Crippen molar-refractivity contribution in [3.05, 3.63) is 16.0 Å². The molecule has 0 atom stereocenters. The van der Waals surface area contributed by atoms with Gasteiger partial charge in [-0.2, -0.15) is 0 Å². The number of ether oxygens (including phenoxy) is 3. The number of carboxylic acid groups (broad SMARTS) is 1. The molecule has 1 rings (SSSR count). The Morgan fingerprint density at radius 1 is 0.824 bits per heavy atom. The van der Waals surface area contributed by atoms with Crippen LogP contribution in [0.2, 0.25) is 0 Å². The van der Waals surface area contributed by atoms with Gasteiger partial charge < -0.3 is 19.3 Å². The third-order valence-electron chi connectivity index (χ3n) is 5.37. The molecule has 34 heavy (non-hydrogen) atoms. The molecule has 2 N–H and O–H groups in total. The Kier molecular flexibility index (Phi) is 16.0. The number of carbonyl (C=O) groups excluding carboxylic acids is 2. The number of esters is 1. The molecule has 0 bridgehead atoms. The van der Waals surface area contributed by atoms with Crippen LogP contribution in [0.25, 0.3) is 0 Å². The number of carboxylic acids is 1. The van der Waals surface area contributed by atoms with Gasteiger partial charge in [-0.05, 0) is 12.8 Å². The van der Waals surface area contributed by atoms with E-state index in [9.17, 15) is 19.5 Å². The summed E-state index contributed by atoms with van der Waals surface area (Å²) in [6.07, 6.45) is 12.0. The van der Waals surface area contributed by atoms with Gasteiger partial charge in [0.05, 0.1) is 19.8 Å². The summed E-state index contributed by atoms with van der Waals surface area (Å²) >= 11 is 0.871. The number of anilines is 1. The molecule has 0 saturated carbocycles. The molecular formula is C25H41NO7S. The largest absolute Gasteiger partial charge is 0.478 e. The number of nitrogens with one attached hydrogen (secondary N) is 1. The van der Waals surface area contributed by atoms with Gasteiger partial charge in [0, 0.05) is 12.7 Å². The lowest BCUT2D eigenvalue weighted by atomic mass is 10.1. The highest BCUT2D eigenvalue weighted by Gasteiger charge is 2.29. The van der Waals surface area contributed by atoms with Crippen molar-refractivity contribution in [2.45, 2.75) is 97.5 Å². The fourth-order valence-electron chi connectivity index (χ4n) is 3.52. The second-order valence-electron chi connectivity index (χ2n) is 8.28. The maximum absolute atomic E-state index is 12.7. The minimum Gasteiger partial charge on any atom is -0.478 e. The van der Waals surface area contributed by atoms with Crippen LogP contribution in [-0.4, -0.2) is 43.5 Å². The van der Waals surface area contributed by atoms with Crippen molar-refractivity contribution in [3.8, 4) is 0 Å². The quantitative estimate of drug-likeness (QED) is 0.155. The smallest absolute Gasteiger partial charge is 0.412 e. The third kappa shape index (κ3) is 11.3. The molecular weight excluding hydrogens is 458 g/mol. The first-order valence-corrected chi connectivity index (χ1v) is 13.3. The van der Waals surface area contributed by atoms with E-state index < -0.39 is 18.0 Å². The van der Waals surface area contributed by atoms with Gasteiger partial charge in [-0.3, -0.25) is 5.32 Å². The topological polar surface area (TPSA) is 111 Å². The van der Waals surface area contributed by atoms with Gasteiger partial charge >= 0.3 is 18.0 Å². The van der Waals surface area contributed by atoms with Crippen molar-refractivity contribution in [1.29, 1.82) is 0 Å². The lowest BCUT2D eigenvalue weighted by Crippen LogP contribution is -2.16. The maximum atomic E-state index is 12.7.